The fraction of sp³-hybridized carbons (Fsp3) is 0.190. The molecule has 0 atom stereocenters. The fourth-order valence-corrected chi connectivity index (χ4v) is 3.53. The Morgan fingerprint density at radius 1 is 0.852 bits per heavy atom. The molecule has 3 aromatic rings. The Hall–Kier alpha value is -2.43. The van der Waals surface area contributed by atoms with Crippen LogP contribution >= 0.6 is 23.2 Å². The summed E-state index contributed by atoms with van der Waals surface area (Å²) < 4.78 is 5.79. The maximum atomic E-state index is 12.8. The quantitative estimate of drug-likeness (QED) is 0.604. The molecule has 0 spiro atoms. The molecule has 2 heterocycles. The molecule has 0 radical (unpaired) electrons. The van der Waals surface area contributed by atoms with Crippen molar-refractivity contribution in [1.29, 1.82) is 0 Å². The van der Waals surface area contributed by atoms with Crippen molar-refractivity contribution in [2.45, 2.75) is 0 Å². The van der Waals surface area contributed by atoms with Gasteiger partial charge in [0.15, 0.2) is 5.76 Å². The highest BCUT2D eigenvalue weighted by Gasteiger charge is 2.24. The van der Waals surface area contributed by atoms with Gasteiger partial charge in [0.05, 0.1) is 0 Å². The number of benzene rings is 2. The fourth-order valence-electron chi connectivity index (χ4n) is 3.22. The van der Waals surface area contributed by atoms with E-state index >= 15 is 0 Å². The van der Waals surface area contributed by atoms with E-state index in [0.29, 0.717) is 29.6 Å². The van der Waals surface area contributed by atoms with Crippen LogP contribution in [0.25, 0.3) is 11.3 Å². The number of carbonyl (C=O) groups is 1. The molecule has 0 aliphatic carbocycles. The van der Waals surface area contributed by atoms with Gasteiger partial charge >= 0.3 is 0 Å². The van der Waals surface area contributed by atoms with Crippen LogP contribution < -0.4 is 4.90 Å². The molecule has 1 aromatic heterocycles. The first-order valence-corrected chi connectivity index (χ1v) is 9.51. The summed E-state index contributed by atoms with van der Waals surface area (Å²) in [5.74, 6) is 0.935. The minimum Gasteiger partial charge on any atom is -0.451 e. The van der Waals surface area contributed by atoms with Crippen molar-refractivity contribution in [3.63, 3.8) is 0 Å². The van der Waals surface area contributed by atoms with Crippen LogP contribution in [-0.2, 0) is 0 Å². The molecule has 6 heteroatoms. The summed E-state index contributed by atoms with van der Waals surface area (Å²) in [6, 6.07) is 18.7. The zero-order chi connectivity index (χ0) is 18.8. The number of rotatable bonds is 3. The van der Waals surface area contributed by atoms with Crippen molar-refractivity contribution < 1.29 is 9.21 Å². The Morgan fingerprint density at radius 3 is 2.30 bits per heavy atom. The predicted molar refractivity (Wildman–Crippen MR) is 109 cm³/mol. The first-order chi connectivity index (χ1) is 13.1. The summed E-state index contributed by atoms with van der Waals surface area (Å²) in [6.45, 7) is 2.80. The summed E-state index contributed by atoms with van der Waals surface area (Å²) in [5.41, 5.74) is 1.97. The minimum atomic E-state index is -0.0824. The third kappa shape index (κ3) is 3.97. The lowest BCUT2D eigenvalue weighted by atomic mass is 10.2. The zero-order valence-corrected chi connectivity index (χ0v) is 16.1. The molecule has 0 saturated carbocycles. The van der Waals surface area contributed by atoms with Gasteiger partial charge < -0.3 is 14.2 Å². The van der Waals surface area contributed by atoms with E-state index in [1.807, 2.05) is 47.4 Å². The smallest absolute Gasteiger partial charge is 0.289 e. The van der Waals surface area contributed by atoms with Crippen molar-refractivity contribution in [1.82, 2.24) is 4.90 Å². The van der Waals surface area contributed by atoms with Crippen LogP contribution in [0.4, 0.5) is 5.69 Å². The van der Waals surface area contributed by atoms with Crippen LogP contribution in [0.15, 0.2) is 65.1 Å². The van der Waals surface area contributed by atoms with E-state index in [1.54, 1.807) is 18.2 Å². The number of piperazine rings is 1. The summed E-state index contributed by atoms with van der Waals surface area (Å²) in [7, 11) is 0. The molecule has 1 fully saturated rings. The largest absolute Gasteiger partial charge is 0.451 e. The number of carbonyl (C=O) groups excluding carboxylic acids is 1. The van der Waals surface area contributed by atoms with Crippen molar-refractivity contribution in [3.05, 3.63) is 76.5 Å². The Labute approximate surface area is 167 Å². The van der Waals surface area contributed by atoms with Gasteiger partial charge in [-0.3, -0.25) is 4.79 Å². The van der Waals surface area contributed by atoms with Gasteiger partial charge in [-0.2, -0.15) is 0 Å². The first-order valence-electron chi connectivity index (χ1n) is 8.76. The van der Waals surface area contributed by atoms with E-state index in [1.165, 1.54) is 0 Å². The van der Waals surface area contributed by atoms with E-state index in [-0.39, 0.29) is 5.91 Å². The highest BCUT2D eigenvalue weighted by Crippen LogP contribution is 2.25. The molecule has 4 nitrogen and oxygen atoms in total. The van der Waals surface area contributed by atoms with Crippen LogP contribution in [0, 0.1) is 0 Å². The molecular weight excluding hydrogens is 383 g/mol. The number of nitrogens with zero attached hydrogens (tertiary/aromatic N) is 2. The lowest BCUT2D eigenvalue weighted by Gasteiger charge is -2.35. The van der Waals surface area contributed by atoms with E-state index < -0.39 is 0 Å². The molecule has 0 bridgehead atoms. The Kier molecular flexibility index (Phi) is 5.10. The lowest BCUT2D eigenvalue weighted by Crippen LogP contribution is -2.48. The van der Waals surface area contributed by atoms with Crippen LogP contribution in [-0.4, -0.2) is 37.0 Å². The van der Waals surface area contributed by atoms with Crippen molar-refractivity contribution in [2.75, 3.05) is 31.1 Å². The topological polar surface area (TPSA) is 36.7 Å². The number of halogens is 2. The zero-order valence-electron chi connectivity index (χ0n) is 14.6. The van der Waals surface area contributed by atoms with Crippen LogP contribution in [0.2, 0.25) is 10.0 Å². The molecule has 1 amide bonds. The summed E-state index contributed by atoms with van der Waals surface area (Å²) in [4.78, 5) is 16.8. The van der Waals surface area contributed by atoms with Crippen molar-refractivity contribution >= 4 is 34.8 Å². The molecule has 1 aliphatic heterocycles. The molecule has 27 heavy (non-hydrogen) atoms. The number of amides is 1. The summed E-state index contributed by atoms with van der Waals surface area (Å²) in [5, 5.41) is 1.38. The summed E-state index contributed by atoms with van der Waals surface area (Å²) in [6.07, 6.45) is 0. The molecule has 0 N–H and O–H groups in total. The van der Waals surface area contributed by atoms with Gasteiger partial charge in [0.25, 0.3) is 5.91 Å². The van der Waals surface area contributed by atoms with E-state index in [4.69, 9.17) is 27.6 Å². The lowest BCUT2D eigenvalue weighted by molar-refractivity contribution is 0.0715. The molecule has 1 aliphatic rings. The SMILES string of the molecule is O=C(c1ccc(-c2ccc(Cl)cc2)o1)N1CCN(c2cccc(Cl)c2)CC1. The van der Waals surface area contributed by atoms with E-state index in [9.17, 15) is 4.79 Å². The van der Waals surface area contributed by atoms with Crippen LogP contribution in [0.3, 0.4) is 0 Å². The van der Waals surface area contributed by atoms with E-state index in [0.717, 1.165) is 29.4 Å². The third-order valence-electron chi connectivity index (χ3n) is 4.69. The Balaban J connectivity index is 1.42. The second-order valence-corrected chi connectivity index (χ2v) is 7.30. The van der Waals surface area contributed by atoms with E-state index in [2.05, 4.69) is 4.90 Å². The highest BCUT2D eigenvalue weighted by molar-refractivity contribution is 6.31. The second-order valence-electron chi connectivity index (χ2n) is 6.43. The molecule has 2 aromatic carbocycles. The highest BCUT2D eigenvalue weighted by atomic mass is 35.5. The average molecular weight is 401 g/mol. The van der Waals surface area contributed by atoms with Crippen molar-refractivity contribution in [2.24, 2.45) is 0 Å². The summed E-state index contributed by atoms with van der Waals surface area (Å²) >= 11 is 12.0. The van der Waals surface area contributed by atoms with Gasteiger partial charge in [0.1, 0.15) is 5.76 Å². The number of hydrogen-bond donors (Lipinski definition) is 0. The van der Waals surface area contributed by atoms with Gasteiger partial charge in [-0.1, -0.05) is 29.3 Å². The Morgan fingerprint density at radius 2 is 1.59 bits per heavy atom. The maximum Gasteiger partial charge on any atom is 0.289 e. The molecule has 0 unspecified atom stereocenters. The molecular formula is C21H18Cl2N2O2. The standard InChI is InChI=1S/C21H18Cl2N2O2/c22-16-6-4-15(5-7-16)19-8-9-20(27-19)21(26)25-12-10-24(11-13-25)18-3-1-2-17(23)14-18/h1-9,14H,10-13H2. The van der Waals surface area contributed by atoms with Crippen LogP contribution in [0.5, 0.6) is 0 Å². The number of hydrogen-bond acceptors (Lipinski definition) is 3. The monoisotopic (exact) mass is 400 g/mol. The average Bonchev–Trinajstić information content (AvgIpc) is 3.18. The third-order valence-corrected chi connectivity index (χ3v) is 5.17. The maximum absolute atomic E-state index is 12.8. The second kappa shape index (κ2) is 7.67. The van der Waals surface area contributed by atoms with Gasteiger partial charge in [-0.15, -0.1) is 0 Å². The number of furan rings is 1. The molecule has 138 valence electrons. The molecule has 1 saturated heterocycles. The van der Waals surface area contributed by atoms with Crippen molar-refractivity contribution in [3.8, 4) is 11.3 Å². The minimum absolute atomic E-state index is 0.0824. The van der Waals surface area contributed by atoms with Crippen LogP contribution in [0.1, 0.15) is 10.6 Å². The normalized spacial score (nSPS) is 14.4. The first kappa shape index (κ1) is 18.0. The van der Waals surface area contributed by atoms with Gasteiger partial charge in [-0.25, -0.2) is 0 Å². The van der Waals surface area contributed by atoms with Gasteiger partial charge in [0, 0.05) is 47.5 Å². The predicted octanol–water partition coefficient (Wildman–Crippen LogP) is 5.22. The Bertz CT molecular complexity index is 945. The number of anilines is 1. The van der Waals surface area contributed by atoms with Gasteiger partial charge in [-0.05, 0) is 54.6 Å². The molecule has 4 rings (SSSR count). The van der Waals surface area contributed by atoms with Gasteiger partial charge in [0.2, 0.25) is 0 Å².